The Bertz CT molecular complexity index is 3290. The van der Waals surface area contributed by atoms with Crippen LogP contribution in [0.4, 0.5) is 0 Å². The molecule has 0 amide bonds. The first-order chi connectivity index (χ1) is 34.4. The summed E-state index contributed by atoms with van der Waals surface area (Å²) in [6, 6.07) is 86.7. The normalized spacial score (nSPS) is 10.6. The van der Waals surface area contributed by atoms with E-state index in [-0.39, 0.29) is 20.1 Å². The summed E-state index contributed by atoms with van der Waals surface area (Å²) in [5, 5.41) is 0. The number of benzene rings is 9. The Labute approximate surface area is 432 Å². The van der Waals surface area contributed by atoms with E-state index in [0.717, 1.165) is 55.8 Å². The quantitative estimate of drug-likeness (QED) is 0.0940. The van der Waals surface area contributed by atoms with Crippen molar-refractivity contribution in [2.75, 3.05) is 0 Å². The minimum absolute atomic E-state index is 0. The van der Waals surface area contributed by atoms with Crippen LogP contribution < -0.4 is 0 Å². The summed E-state index contributed by atoms with van der Waals surface area (Å²) >= 11 is 0. The second kappa shape index (κ2) is 24.2. The zero-order valence-electron chi connectivity index (χ0n) is 40.0. The van der Waals surface area contributed by atoms with Crippen LogP contribution >= 0.6 is 0 Å². The van der Waals surface area contributed by atoms with E-state index in [1.807, 2.05) is 12.3 Å². The van der Waals surface area contributed by atoms with Gasteiger partial charge in [0, 0.05) is 6.20 Å². The molecule has 0 aliphatic carbocycles. The van der Waals surface area contributed by atoms with Gasteiger partial charge in [-0.3, -0.25) is 0 Å². The van der Waals surface area contributed by atoms with Gasteiger partial charge in [-0.2, -0.15) is 59.7 Å². The Balaban J connectivity index is 0.00000145. The van der Waals surface area contributed by atoms with Gasteiger partial charge in [-0.15, -0.1) is 46.5 Å². The molecule has 0 fully saturated rings. The van der Waals surface area contributed by atoms with Crippen LogP contribution in [0, 0.1) is 31.5 Å². The van der Waals surface area contributed by atoms with Crippen molar-refractivity contribution in [2.24, 2.45) is 0 Å². The summed E-state index contributed by atoms with van der Waals surface area (Å²) in [6.07, 6.45) is 2.01. The molecule has 0 radical (unpaired) electrons. The van der Waals surface area contributed by atoms with Crippen LogP contribution in [-0.2, 0) is 29.4 Å². The monoisotopic (exact) mass is 1090 g/mol. The molecule has 10 aromatic rings. The molecule has 0 saturated heterocycles. The summed E-state index contributed by atoms with van der Waals surface area (Å²) in [4.78, 5) is 5.07. The maximum atomic E-state index is 7.50. The molecule has 3 nitrogen and oxygen atoms in total. The molecule has 0 aliphatic rings. The van der Waals surface area contributed by atoms with Gasteiger partial charge in [0.15, 0.2) is 0 Å². The molecule has 0 spiro atoms. The van der Waals surface area contributed by atoms with Crippen LogP contribution in [0.1, 0.15) is 50.7 Å². The molecule has 10 rings (SSSR count). The standard InChI is InChI=1S/C65H50N.2CO.Ir/c1-44(2)49-19-14-22-52(37-49)59-25-8-11-28-62(59)56-40-57(63-29-12-9-26-60(63)53-23-15-20-50(38-53)45(3)4)42-58(41-56)64-30-13-10-27-61(64)55-35-36-65(66-43-55)54-24-16-21-51(39-54)48-33-31-47(32-34-48)46-17-6-5-7-18-46;2*1-2;/h5-13,16-23,25-45H,1-4H3;;;/q-3;;;+3. The fraction of sp³-hybridized carbons (Fsp3) is 0.0896. The summed E-state index contributed by atoms with van der Waals surface area (Å²) < 4.78 is 15.0. The van der Waals surface area contributed by atoms with E-state index in [4.69, 9.17) is 14.3 Å². The van der Waals surface area contributed by atoms with Gasteiger partial charge in [-0.25, -0.2) is 0 Å². The third-order valence-corrected chi connectivity index (χ3v) is 12.7. The van der Waals surface area contributed by atoms with E-state index in [1.165, 1.54) is 55.6 Å². The van der Waals surface area contributed by atoms with E-state index in [0.29, 0.717) is 11.8 Å². The summed E-state index contributed by atoms with van der Waals surface area (Å²) in [5.74, 6) is 0.802. The second-order valence-corrected chi connectivity index (χ2v) is 17.7. The van der Waals surface area contributed by atoms with Crippen LogP contribution in [0.2, 0.25) is 0 Å². The third-order valence-electron chi connectivity index (χ3n) is 12.7. The van der Waals surface area contributed by atoms with Crippen molar-refractivity contribution in [3.05, 3.63) is 261 Å². The van der Waals surface area contributed by atoms with Crippen molar-refractivity contribution in [1.29, 1.82) is 0 Å². The Morgan fingerprint density at radius 3 is 1.17 bits per heavy atom. The van der Waals surface area contributed by atoms with Gasteiger partial charge < -0.3 is 4.98 Å². The van der Waals surface area contributed by atoms with E-state index >= 15 is 0 Å². The van der Waals surface area contributed by atoms with Crippen molar-refractivity contribution < 1.29 is 29.4 Å². The molecule has 4 heteroatoms. The number of rotatable bonds is 11. The first kappa shape index (κ1) is 51.1. The molecule has 0 bridgehead atoms. The SMILES string of the molecule is CC(C)c1c[c-]cc(-c2ccccc2-c2cc(-c3ccccc3-c3ccc(-c4[c-]ccc(-c5ccc(-c6ccccc6)cc5)c4)nc3)cc(-c3ccccc3-c3c[c-]cc(C(C)C)c3)c2)c1.[C-]#[O+].[C-]#[O+].[Ir+3]. The molecule has 344 valence electrons. The van der Waals surface area contributed by atoms with Crippen LogP contribution in [-0.4, -0.2) is 4.98 Å². The number of pyridine rings is 1. The molecule has 0 aliphatic heterocycles. The van der Waals surface area contributed by atoms with Gasteiger partial charge in [-0.1, -0.05) is 190 Å². The fourth-order valence-corrected chi connectivity index (χ4v) is 9.00. The molecular formula is C67H50IrNO2. The first-order valence-electron chi connectivity index (χ1n) is 23.4. The molecule has 71 heavy (non-hydrogen) atoms. The van der Waals surface area contributed by atoms with Crippen LogP contribution in [0.15, 0.2) is 219 Å². The van der Waals surface area contributed by atoms with Crippen LogP contribution in [0.25, 0.3) is 100 Å². The van der Waals surface area contributed by atoms with Gasteiger partial charge in [0.05, 0.1) is 0 Å². The largest absolute Gasteiger partial charge is 3.00 e. The number of hydrogen-bond acceptors (Lipinski definition) is 1. The van der Waals surface area contributed by atoms with Gasteiger partial charge in [-0.05, 0) is 85.1 Å². The Morgan fingerprint density at radius 2 is 0.746 bits per heavy atom. The van der Waals surface area contributed by atoms with E-state index in [2.05, 4.69) is 265 Å². The smallest absolute Gasteiger partial charge is 3.00 e. The maximum absolute atomic E-state index is 7.50. The van der Waals surface area contributed by atoms with Crippen molar-refractivity contribution in [2.45, 2.75) is 39.5 Å². The molecule has 0 saturated carbocycles. The van der Waals surface area contributed by atoms with E-state index in [1.54, 1.807) is 0 Å². The molecule has 0 N–H and O–H groups in total. The Hall–Kier alpha value is -7.74. The molecule has 1 heterocycles. The predicted octanol–water partition coefficient (Wildman–Crippen LogP) is 17.7. The van der Waals surface area contributed by atoms with Crippen LogP contribution in [0.3, 0.4) is 0 Å². The fourth-order valence-electron chi connectivity index (χ4n) is 9.00. The number of aromatic nitrogens is 1. The summed E-state index contributed by atoms with van der Waals surface area (Å²) in [7, 11) is 0. The minimum Gasteiger partial charge on any atom is 3.00 e. The van der Waals surface area contributed by atoms with E-state index < -0.39 is 0 Å². The topological polar surface area (TPSA) is 52.7 Å². The number of nitrogens with zero attached hydrogens (tertiary/aromatic N) is 1. The Morgan fingerprint density at radius 1 is 0.366 bits per heavy atom. The average molecular weight is 1090 g/mol. The first-order valence-corrected chi connectivity index (χ1v) is 23.4. The van der Waals surface area contributed by atoms with Crippen molar-refractivity contribution in [1.82, 2.24) is 4.98 Å². The molecule has 0 atom stereocenters. The average Bonchev–Trinajstić information content (AvgIpc) is 3.44. The summed E-state index contributed by atoms with van der Waals surface area (Å²) in [6.45, 7) is 18.0. The van der Waals surface area contributed by atoms with Gasteiger partial charge >= 0.3 is 42.7 Å². The third kappa shape index (κ3) is 11.7. The number of hydrogen-bond donors (Lipinski definition) is 0. The van der Waals surface area contributed by atoms with Gasteiger partial charge in [0.2, 0.25) is 0 Å². The zero-order chi connectivity index (χ0) is 49.0. The van der Waals surface area contributed by atoms with Gasteiger partial charge in [0.25, 0.3) is 0 Å². The van der Waals surface area contributed by atoms with Gasteiger partial charge in [0.1, 0.15) is 0 Å². The molecular weight excluding hydrogens is 1040 g/mol. The molecule has 1 aromatic heterocycles. The predicted molar refractivity (Wildman–Crippen MR) is 286 cm³/mol. The van der Waals surface area contributed by atoms with Crippen molar-refractivity contribution in [3.63, 3.8) is 0 Å². The minimum atomic E-state index is 0. The zero-order valence-corrected chi connectivity index (χ0v) is 42.4. The second-order valence-electron chi connectivity index (χ2n) is 17.7. The Kier molecular flexibility index (Phi) is 17.4. The van der Waals surface area contributed by atoms with Crippen molar-refractivity contribution in [3.8, 4) is 100 Å². The molecule has 9 aromatic carbocycles. The molecule has 0 unspecified atom stereocenters. The van der Waals surface area contributed by atoms with Crippen LogP contribution in [0.5, 0.6) is 0 Å². The van der Waals surface area contributed by atoms with E-state index in [9.17, 15) is 0 Å². The summed E-state index contributed by atoms with van der Waals surface area (Å²) in [5.41, 5.74) is 22.9. The maximum Gasteiger partial charge on any atom is 3.00 e. The van der Waals surface area contributed by atoms with Crippen molar-refractivity contribution >= 4 is 0 Å².